The second kappa shape index (κ2) is 7.40. The van der Waals surface area contributed by atoms with Crippen molar-refractivity contribution in [1.82, 2.24) is 4.90 Å². The van der Waals surface area contributed by atoms with E-state index in [2.05, 4.69) is 4.99 Å². The summed E-state index contributed by atoms with van der Waals surface area (Å²) in [7, 11) is 0. The third kappa shape index (κ3) is 3.17. The highest BCUT2D eigenvalue weighted by atomic mass is 32.2. The Morgan fingerprint density at radius 2 is 1.81 bits per heavy atom. The lowest BCUT2D eigenvalue weighted by Crippen LogP contribution is -2.39. The number of hydrogen-bond donors (Lipinski definition) is 0. The highest BCUT2D eigenvalue weighted by molar-refractivity contribution is 8.15. The van der Waals surface area contributed by atoms with Gasteiger partial charge in [-0.1, -0.05) is 72.4 Å². The molecule has 2 aromatic carbocycles. The molecule has 1 saturated heterocycles. The molecule has 2 heterocycles. The van der Waals surface area contributed by atoms with Crippen LogP contribution in [0, 0.1) is 0 Å². The molecule has 0 bridgehead atoms. The summed E-state index contributed by atoms with van der Waals surface area (Å²) in [6, 6.07) is 18.6. The molecule has 2 aliphatic rings. The fraction of sp³-hybridized carbons (Fsp3) is 0.190. The number of carbonyl (C=O) groups is 2. The van der Waals surface area contributed by atoms with Crippen LogP contribution in [0.3, 0.4) is 0 Å². The molecule has 5 nitrogen and oxygen atoms in total. The number of esters is 1. The Morgan fingerprint density at radius 1 is 1.15 bits per heavy atom. The maximum absolute atomic E-state index is 13.0. The van der Waals surface area contributed by atoms with E-state index in [4.69, 9.17) is 4.74 Å². The molecule has 0 aliphatic carbocycles. The first-order valence-corrected chi connectivity index (χ1v) is 9.74. The van der Waals surface area contributed by atoms with Crippen LogP contribution in [0.25, 0.3) is 5.70 Å². The van der Waals surface area contributed by atoms with Gasteiger partial charge in [0.1, 0.15) is 0 Å². The van der Waals surface area contributed by atoms with Crippen molar-refractivity contribution in [2.24, 2.45) is 4.99 Å². The van der Waals surface area contributed by atoms with Gasteiger partial charge < -0.3 is 4.74 Å². The van der Waals surface area contributed by atoms with Gasteiger partial charge >= 0.3 is 5.97 Å². The summed E-state index contributed by atoms with van der Waals surface area (Å²) in [5.41, 5.74) is 2.65. The molecule has 0 spiro atoms. The summed E-state index contributed by atoms with van der Waals surface area (Å²) in [6.45, 7) is 2.03. The maximum Gasteiger partial charge on any atom is 0.338 e. The van der Waals surface area contributed by atoms with Crippen molar-refractivity contribution in [3.05, 3.63) is 77.4 Å². The van der Waals surface area contributed by atoms with Crippen LogP contribution in [0.1, 0.15) is 24.1 Å². The number of carbonyl (C=O) groups excluding carboxylic acids is 2. The Kier molecular flexibility index (Phi) is 4.81. The smallest absolute Gasteiger partial charge is 0.338 e. The zero-order chi connectivity index (χ0) is 18.8. The van der Waals surface area contributed by atoms with Gasteiger partial charge in [-0.15, -0.1) is 0 Å². The van der Waals surface area contributed by atoms with Crippen LogP contribution in [-0.4, -0.2) is 34.3 Å². The summed E-state index contributed by atoms with van der Waals surface area (Å²) in [5, 5.41) is 0.626. The summed E-state index contributed by atoms with van der Waals surface area (Å²) in [4.78, 5) is 31.9. The second-order valence-corrected chi connectivity index (χ2v) is 7.05. The quantitative estimate of drug-likeness (QED) is 0.762. The second-order valence-electron chi connectivity index (χ2n) is 6.11. The SMILES string of the molecule is CCOC(=O)C1=C(c2ccccc2)N=C2SCC(=O)N2[C@@H]1c1ccccc1. The molecule has 0 unspecified atom stereocenters. The van der Waals surface area contributed by atoms with E-state index >= 15 is 0 Å². The molecule has 2 aliphatic heterocycles. The van der Waals surface area contributed by atoms with Crippen molar-refractivity contribution in [1.29, 1.82) is 0 Å². The van der Waals surface area contributed by atoms with E-state index in [1.54, 1.807) is 11.8 Å². The summed E-state index contributed by atoms with van der Waals surface area (Å²) in [5.74, 6) is -0.181. The Hall–Kier alpha value is -2.86. The number of amides is 1. The van der Waals surface area contributed by atoms with Crippen LogP contribution in [0.15, 0.2) is 71.2 Å². The van der Waals surface area contributed by atoms with Crippen LogP contribution in [-0.2, 0) is 14.3 Å². The molecule has 4 rings (SSSR count). The fourth-order valence-electron chi connectivity index (χ4n) is 3.31. The van der Waals surface area contributed by atoms with Crippen LogP contribution < -0.4 is 0 Å². The molecule has 0 aromatic heterocycles. The molecular weight excluding hydrogens is 360 g/mol. The molecule has 1 atom stereocenters. The van der Waals surface area contributed by atoms with Crippen LogP contribution in [0.4, 0.5) is 0 Å². The van der Waals surface area contributed by atoms with E-state index in [1.807, 2.05) is 60.7 Å². The zero-order valence-corrected chi connectivity index (χ0v) is 15.6. The molecule has 0 radical (unpaired) electrons. The third-order valence-electron chi connectivity index (χ3n) is 4.45. The molecule has 0 saturated carbocycles. The topological polar surface area (TPSA) is 59.0 Å². The normalized spacial score (nSPS) is 19.0. The number of thioether (sulfide) groups is 1. The third-order valence-corrected chi connectivity index (χ3v) is 5.39. The van der Waals surface area contributed by atoms with Gasteiger partial charge in [0.25, 0.3) is 0 Å². The monoisotopic (exact) mass is 378 g/mol. The van der Waals surface area contributed by atoms with E-state index in [-0.39, 0.29) is 12.5 Å². The van der Waals surface area contributed by atoms with Gasteiger partial charge in [0.15, 0.2) is 5.17 Å². The van der Waals surface area contributed by atoms with Crippen molar-refractivity contribution >= 4 is 34.5 Å². The number of aliphatic imine (C=N–C) groups is 1. The molecule has 1 amide bonds. The highest BCUT2D eigenvalue weighted by Crippen LogP contribution is 2.43. The molecule has 2 aromatic rings. The lowest BCUT2D eigenvalue weighted by atomic mass is 9.92. The van der Waals surface area contributed by atoms with E-state index in [9.17, 15) is 9.59 Å². The van der Waals surface area contributed by atoms with Crippen molar-refractivity contribution in [2.45, 2.75) is 13.0 Å². The van der Waals surface area contributed by atoms with Crippen molar-refractivity contribution < 1.29 is 14.3 Å². The Morgan fingerprint density at radius 3 is 2.48 bits per heavy atom. The predicted molar refractivity (Wildman–Crippen MR) is 106 cm³/mol. The molecule has 1 fully saturated rings. The predicted octanol–water partition coefficient (Wildman–Crippen LogP) is 3.65. The Balaban J connectivity index is 1.97. The molecule has 6 heteroatoms. The number of nitrogens with zero attached hydrogens (tertiary/aromatic N) is 2. The van der Waals surface area contributed by atoms with Crippen LogP contribution >= 0.6 is 11.8 Å². The minimum Gasteiger partial charge on any atom is -0.463 e. The molecule has 0 N–H and O–H groups in total. The van der Waals surface area contributed by atoms with Crippen LogP contribution in [0.5, 0.6) is 0 Å². The Bertz CT molecular complexity index is 938. The van der Waals surface area contributed by atoms with Gasteiger partial charge in [0.2, 0.25) is 5.91 Å². The summed E-state index contributed by atoms with van der Waals surface area (Å²) < 4.78 is 5.36. The first-order valence-electron chi connectivity index (χ1n) is 8.76. The van der Waals surface area contributed by atoms with Crippen LogP contribution in [0.2, 0.25) is 0 Å². The Labute approximate surface area is 161 Å². The standard InChI is InChI=1S/C21H18N2O3S/c1-2-26-20(25)17-18(14-9-5-3-6-10-14)22-21-23(16(24)13-27-21)19(17)15-11-7-4-8-12-15/h3-12,19H,2,13H2,1H3/t19-/m1/s1. The molecule has 136 valence electrons. The van der Waals surface area contributed by atoms with E-state index in [1.165, 1.54) is 11.8 Å². The highest BCUT2D eigenvalue weighted by Gasteiger charge is 2.44. The largest absolute Gasteiger partial charge is 0.463 e. The first kappa shape index (κ1) is 17.5. The zero-order valence-electron chi connectivity index (χ0n) is 14.8. The lowest BCUT2D eigenvalue weighted by molar-refractivity contribution is -0.139. The van der Waals surface area contributed by atoms with Gasteiger partial charge in [-0.2, -0.15) is 0 Å². The minimum absolute atomic E-state index is 0.0542. The van der Waals surface area contributed by atoms with Crippen molar-refractivity contribution in [3.63, 3.8) is 0 Å². The van der Waals surface area contributed by atoms with E-state index in [0.29, 0.717) is 22.2 Å². The van der Waals surface area contributed by atoms with Gasteiger partial charge in [0, 0.05) is 5.56 Å². The summed E-state index contributed by atoms with van der Waals surface area (Å²) in [6.07, 6.45) is 0. The summed E-state index contributed by atoms with van der Waals surface area (Å²) >= 11 is 1.40. The van der Waals surface area contributed by atoms with E-state index < -0.39 is 12.0 Å². The average molecular weight is 378 g/mol. The van der Waals surface area contributed by atoms with Gasteiger partial charge in [-0.05, 0) is 12.5 Å². The maximum atomic E-state index is 13.0. The molecular formula is C21H18N2O3S. The number of benzene rings is 2. The number of hydrogen-bond acceptors (Lipinski definition) is 5. The van der Waals surface area contributed by atoms with Crippen molar-refractivity contribution in [2.75, 3.05) is 12.4 Å². The van der Waals surface area contributed by atoms with E-state index in [0.717, 1.165) is 11.1 Å². The first-order chi connectivity index (χ1) is 13.2. The lowest BCUT2D eigenvalue weighted by Gasteiger charge is -2.33. The fourth-order valence-corrected chi connectivity index (χ4v) is 4.21. The van der Waals surface area contributed by atoms with Crippen molar-refractivity contribution in [3.8, 4) is 0 Å². The average Bonchev–Trinajstić information content (AvgIpc) is 3.09. The molecule has 27 heavy (non-hydrogen) atoms. The van der Waals surface area contributed by atoms with Gasteiger partial charge in [-0.25, -0.2) is 9.79 Å². The minimum atomic E-state index is -0.546. The number of ether oxygens (including phenoxy) is 1. The van der Waals surface area contributed by atoms with Gasteiger partial charge in [0.05, 0.1) is 29.7 Å². The number of fused-ring (bicyclic) bond motifs is 1. The number of rotatable bonds is 4. The van der Waals surface area contributed by atoms with Gasteiger partial charge in [-0.3, -0.25) is 9.69 Å². The number of amidine groups is 1.